The largest absolute Gasteiger partial charge is 0.313 e. The summed E-state index contributed by atoms with van der Waals surface area (Å²) in [5.74, 6) is 0.942. The number of aryl methyl sites for hydroxylation is 1. The Balaban J connectivity index is 2.00. The highest BCUT2D eigenvalue weighted by Gasteiger charge is 2.30. The van der Waals surface area contributed by atoms with Crippen molar-refractivity contribution in [2.75, 3.05) is 6.54 Å². The summed E-state index contributed by atoms with van der Waals surface area (Å²) >= 11 is 2.09. The van der Waals surface area contributed by atoms with Gasteiger partial charge in [0.15, 0.2) is 0 Å². The van der Waals surface area contributed by atoms with Gasteiger partial charge in [-0.25, -0.2) is 0 Å². The molecule has 0 amide bonds. The van der Waals surface area contributed by atoms with Gasteiger partial charge in [-0.2, -0.15) is 0 Å². The third-order valence-corrected chi connectivity index (χ3v) is 5.74. The van der Waals surface area contributed by atoms with Gasteiger partial charge in [0.2, 0.25) is 0 Å². The van der Waals surface area contributed by atoms with E-state index in [2.05, 4.69) is 62.1 Å². The quantitative estimate of drug-likeness (QED) is 0.788. The lowest BCUT2D eigenvalue weighted by molar-refractivity contribution is 0.289. The summed E-state index contributed by atoms with van der Waals surface area (Å²) in [5.41, 5.74) is 1.35. The Kier molecular flexibility index (Phi) is 6.44. The van der Waals surface area contributed by atoms with Crippen molar-refractivity contribution < 1.29 is 0 Å². The standard InChI is InChI=1S/C18H29NS/c1-4-6-15-9-12-17(19-5-2)18(13-15)20-16-10-7-14(3)8-11-16/h7-8,10-11,15,17-19H,4-6,9,12-13H2,1-3H3. The number of hydrogen-bond acceptors (Lipinski definition) is 2. The molecule has 1 aromatic rings. The molecule has 1 aliphatic rings. The molecule has 2 heteroatoms. The van der Waals surface area contributed by atoms with Crippen LogP contribution in [-0.4, -0.2) is 17.8 Å². The van der Waals surface area contributed by atoms with E-state index in [0.29, 0.717) is 6.04 Å². The molecule has 1 aromatic carbocycles. The molecule has 20 heavy (non-hydrogen) atoms. The number of thioether (sulfide) groups is 1. The van der Waals surface area contributed by atoms with Gasteiger partial charge in [-0.05, 0) is 50.8 Å². The third-order valence-electron chi connectivity index (χ3n) is 4.37. The zero-order valence-corrected chi connectivity index (χ0v) is 14.0. The van der Waals surface area contributed by atoms with E-state index in [1.807, 2.05) is 0 Å². The minimum absolute atomic E-state index is 0.694. The van der Waals surface area contributed by atoms with Crippen molar-refractivity contribution in [3.63, 3.8) is 0 Å². The molecule has 0 heterocycles. The molecule has 2 rings (SSSR count). The summed E-state index contributed by atoms with van der Waals surface area (Å²) in [7, 11) is 0. The molecule has 0 saturated heterocycles. The summed E-state index contributed by atoms with van der Waals surface area (Å²) in [5, 5.41) is 4.45. The molecular formula is C18H29NS. The Labute approximate surface area is 128 Å². The predicted molar refractivity (Wildman–Crippen MR) is 90.5 cm³/mol. The van der Waals surface area contributed by atoms with Gasteiger partial charge in [0.1, 0.15) is 0 Å². The van der Waals surface area contributed by atoms with Crippen molar-refractivity contribution in [3.05, 3.63) is 29.8 Å². The zero-order chi connectivity index (χ0) is 14.4. The van der Waals surface area contributed by atoms with E-state index >= 15 is 0 Å². The van der Waals surface area contributed by atoms with E-state index in [9.17, 15) is 0 Å². The lowest BCUT2D eigenvalue weighted by Gasteiger charge is -2.36. The van der Waals surface area contributed by atoms with Gasteiger partial charge in [-0.3, -0.25) is 0 Å². The highest BCUT2D eigenvalue weighted by Crippen LogP contribution is 2.38. The second kappa shape index (κ2) is 8.09. The van der Waals surface area contributed by atoms with Crippen molar-refractivity contribution >= 4 is 11.8 Å². The first-order valence-electron chi connectivity index (χ1n) is 8.19. The first-order chi connectivity index (χ1) is 9.72. The van der Waals surface area contributed by atoms with Crippen molar-refractivity contribution in [2.45, 2.75) is 69.1 Å². The molecule has 0 radical (unpaired) electrons. The Hall–Kier alpha value is -0.470. The van der Waals surface area contributed by atoms with Gasteiger partial charge in [0.05, 0.1) is 0 Å². The summed E-state index contributed by atoms with van der Waals surface area (Å²) in [6, 6.07) is 9.73. The Morgan fingerprint density at radius 3 is 2.55 bits per heavy atom. The van der Waals surface area contributed by atoms with Gasteiger partial charge < -0.3 is 5.32 Å². The topological polar surface area (TPSA) is 12.0 Å². The van der Waals surface area contributed by atoms with Crippen LogP contribution in [0.25, 0.3) is 0 Å². The molecule has 1 N–H and O–H groups in total. The third kappa shape index (κ3) is 4.53. The van der Waals surface area contributed by atoms with E-state index in [4.69, 9.17) is 0 Å². The molecule has 112 valence electrons. The van der Waals surface area contributed by atoms with Crippen LogP contribution in [0.2, 0.25) is 0 Å². The Morgan fingerprint density at radius 2 is 1.90 bits per heavy atom. The first kappa shape index (κ1) is 15.9. The average Bonchev–Trinajstić information content (AvgIpc) is 2.45. The molecule has 1 fully saturated rings. The number of rotatable bonds is 6. The normalized spacial score (nSPS) is 26.6. The maximum Gasteiger partial charge on any atom is 0.0251 e. The maximum atomic E-state index is 3.71. The second-order valence-electron chi connectivity index (χ2n) is 6.10. The SMILES string of the molecule is CCCC1CCC(NCC)C(Sc2ccc(C)cc2)C1. The van der Waals surface area contributed by atoms with Gasteiger partial charge in [-0.1, -0.05) is 44.4 Å². The van der Waals surface area contributed by atoms with Crippen LogP contribution in [0.5, 0.6) is 0 Å². The van der Waals surface area contributed by atoms with Crippen LogP contribution in [0.1, 0.15) is 51.5 Å². The van der Waals surface area contributed by atoms with Crippen LogP contribution in [0.3, 0.4) is 0 Å². The molecule has 0 spiro atoms. The van der Waals surface area contributed by atoms with Crippen LogP contribution < -0.4 is 5.32 Å². The number of nitrogens with one attached hydrogen (secondary N) is 1. The van der Waals surface area contributed by atoms with E-state index in [1.54, 1.807) is 0 Å². The van der Waals surface area contributed by atoms with Gasteiger partial charge in [0.25, 0.3) is 0 Å². The molecule has 0 aliphatic heterocycles. The van der Waals surface area contributed by atoms with E-state index in [0.717, 1.165) is 17.7 Å². The summed E-state index contributed by atoms with van der Waals surface area (Å²) < 4.78 is 0. The lowest BCUT2D eigenvalue weighted by atomic mass is 9.83. The molecule has 1 saturated carbocycles. The number of hydrogen-bond donors (Lipinski definition) is 1. The van der Waals surface area contributed by atoms with Gasteiger partial charge >= 0.3 is 0 Å². The van der Waals surface area contributed by atoms with Crippen molar-refractivity contribution in [1.82, 2.24) is 5.32 Å². The Bertz CT molecular complexity index is 387. The fourth-order valence-electron chi connectivity index (χ4n) is 3.30. The molecule has 3 atom stereocenters. The molecule has 1 aliphatic carbocycles. The fraction of sp³-hybridized carbons (Fsp3) is 0.667. The average molecular weight is 292 g/mol. The van der Waals surface area contributed by atoms with Gasteiger partial charge in [0, 0.05) is 16.2 Å². The monoisotopic (exact) mass is 291 g/mol. The minimum atomic E-state index is 0.694. The van der Waals surface area contributed by atoms with Crippen molar-refractivity contribution in [3.8, 4) is 0 Å². The minimum Gasteiger partial charge on any atom is -0.313 e. The second-order valence-corrected chi connectivity index (χ2v) is 7.41. The van der Waals surface area contributed by atoms with Gasteiger partial charge in [-0.15, -0.1) is 11.8 Å². The Morgan fingerprint density at radius 1 is 1.15 bits per heavy atom. The highest BCUT2D eigenvalue weighted by molar-refractivity contribution is 8.00. The molecular weight excluding hydrogens is 262 g/mol. The summed E-state index contributed by atoms with van der Waals surface area (Å²) in [6.07, 6.45) is 6.88. The predicted octanol–water partition coefficient (Wildman–Crippen LogP) is 5.03. The van der Waals surface area contributed by atoms with Crippen LogP contribution in [-0.2, 0) is 0 Å². The lowest BCUT2D eigenvalue weighted by Crippen LogP contribution is -2.42. The summed E-state index contributed by atoms with van der Waals surface area (Å²) in [4.78, 5) is 1.43. The number of benzene rings is 1. The van der Waals surface area contributed by atoms with E-state index in [-0.39, 0.29) is 0 Å². The zero-order valence-electron chi connectivity index (χ0n) is 13.2. The highest BCUT2D eigenvalue weighted by atomic mass is 32.2. The fourth-order valence-corrected chi connectivity index (χ4v) is 4.71. The van der Waals surface area contributed by atoms with E-state index in [1.165, 1.54) is 42.6 Å². The molecule has 1 nitrogen and oxygen atoms in total. The maximum absolute atomic E-state index is 3.71. The smallest absolute Gasteiger partial charge is 0.0251 e. The molecule has 0 bridgehead atoms. The summed E-state index contributed by atoms with van der Waals surface area (Å²) in [6.45, 7) is 7.80. The van der Waals surface area contributed by atoms with Crippen LogP contribution in [0.15, 0.2) is 29.2 Å². The molecule has 0 aromatic heterocycles. The van der Waals surface area contributed by atoms with Crippen molar-refractivity contribution in [2.24, 2.45) is 5.92 Å². The van der Waals surface area contributed by atoms with E-state index < -0.39 is 0 Å². The van der Waals surface area contributed by atoms with Crippen LogP contribution >= 0.6 is 11.8 Å². The first-order valence-corrected chi connectivity index (χ1v) is 9.07. The van der Waals surface area contributed by atoms with Crippen LogP contribution in [0, 0.1) is 12.8 Å². The molecule has 3 unspecified atom stereocenters. The van der Waals surface area contributed by atoms with Crippen LogP contribution in [0.4, 0.5) is 0 Å². The van der Waals surface area contributed by atoms with Crippen molar-refractivity contribution in [1.29, 1.82) is 0 Å².